The van der Waals surface area contributed by atoms with E-state index in [-0.39, 0.29) is 22.6 Å². The highest BCUT2D eigenvalue weighted by Crippen LogP contribution is 2.44. The Labute approximate surface area is 190 Å². The van der Waals surface area contributed by atoms with E-state index in [0.29, 0.717) is 5.69 Å². The molecule has 1 N–H and O–H groups in total. The summed E-state index contributed by atoms with van der Waals surface area (Å²) < 4.78 is 15.2. The maximum atomic E-state index is 15.2. The van der Waals surface area contributed by atoms with Gasteiger partial charge in [0.05, 0.1) is 0 Å². The van der Waals surface area contributed by atoms with Crippen molar-refractivity contribution in [2.75, 3.05) is 16.8 Å². The van der Waals surface area contributed by atoms with Crippen LogP contribution in [0, 0.1) is 31.0 Å². The monoisotopic (exact) mass is 433 g/mol. The topological polar surface area (TPSA) is 56.1 Å². The molecule has 1 heterocycles. The number of benzene rings is 2. The van der Waals surface area contributed by atoms with Gasteiger partial charge in [-0.05, 0) is 87.4 Å². The average Bonchev–Trinajstić information content (AvgIpc) is 2.72. The third kappa shape index (κ3) is 4.55. The summed E-state index contributed by atoms with van der Waals surface area (Å²) in [7, 11) is 0. The molecule has 0 aliphatic carbocycles. The predicted octanol–water partition coefficient (Wildman–Crippen LogP) is 6.49. The van der Waals surface area contributed by atoms with Gasteiger partial charge in [0.25, 0.3) is 5.91 Å². The number of aryl methyl sites for hydroxylation is 1. The fourth-order valence-corrected chi connectivity index (χ4v) is 4.66. The lowest BCUT2D eigenvalue weighted by Crippen LogP contribution is -2.48. The molecular weight excluding hydrogens is 401 g/mol. The van der Waals surface area contributed by atoms with Crippen LogP contribution in [0.4, 0.5) is 15.8 Å². The second-order valence-corrected chi connectivity index (χ2v) is 9.37. The number of carbonyl (C=O) groups is 1. The zero-order valence-corrected chi connectivity index (χ0v) is 19.8. The van der Waals surface area contributed by atoms with E-state index in [1.165, 1.54) is 6.08 Å². The second kappa shape index (κ2) is 9.16. The first-order chi connectivity index (χ1) is 15.1. The van der Waals surface area contributed by atoms with E-state index in [9.17, 15) is 10.1 Å². The number of fused-ring (bicyclic) bond motifs is 1. The maximum Gasteiger partial charge on any atom is 0.266 e. The highest BCUT2D eigenvalue weighted by Gasteiger charge is 2.36. The molecule has 0 saturated carbocycles. The smallest absolute Gasteiger partial charge is 0.266 e. The molecule has 0 aromatic heterocycles. The molecule has 2 aromatic rings. The van der Waals surface area contributed by atoms with Crippen molar-refractivity contribution in [3.05, 3.63) is 64.0 Å². The molecule has 0 spiro atoms. The molecule has 3 rings (SSSR count). The number of carbonyl (C=O) groups excluding carboxylic acids is 1. The van der Waals surface area contributed by atoms with Crippen molar-refractivity contribution >= 4 is 23.4 Å². The first-order valence-corrected chi connectivity index (χ1v) is 11.2. The van der Waals surface area contributed by atoms with Gasteiger partial charge in [0.15, 0.2) is 0 Å². The molecule has 1 amide bonds. The molecular formula is C27H32FN3O. The Bertz CT molecular complexity index is 1110. The van der Waals surface area contributed by atoms with Crippen LogP contribution in [-0.4, -0.2) is 18.0 Å². The molecule has 32 heavy (non-hydrogen) atoms. The summed E-state index contributed by atoms with van der Waals surface area (Å²) in [6.07, 6.45) is 3.28. The van der Waals surface area contributed by atoms with Crippen LogP contribution in [0.5, 0.6) is 0 Å². The Morgan fingerprint density at radius 1 is 1.34 bits per heavy atom. The highest BCUT2D eigenvalue weighted by atomic mass is 19.1. The van der Waals surface area contributed by atoms with Gasteiger partial charge in [0, 0.05) is 29.0 Å². The van der Waals surface area contributed by atoms with Gasteiger partial charge in [-0.15, -0.1) is 0 Å². The molecule has 2 aromatic carbocycles. The van der Waals surface area contributed by atoms with Crippen molar-refractivity contribution in [1.82, 2.24) is 0 Å². The molecule has 5 heteroatoms. The van der Waals surface area contributed by atoms with Gasteiger partial charge in [-0.25, -0.2) is 4.39 Å². The largest absolute Gasteiger partial charge is 0.366 e. The Kier molecular flexibility index (Phi) is 6.74. The lowest BCUT2D eigenvalue weighted by atomic mass is 9.79. The van der Waals surface area contributed by atoms with E-state index in [1.807, 2.05) is 32.0 Å². The second-order valence-electron chi connectivity index (χ2n) is 9.37. The van der Waals surface area contributed by atoms with Gasteiger partial charge < -0.3 is 10.2 Å². The van der Waals surface area contributed by atoms with Crippen LogP contribution < -0.4 is 10.2 Å². The molecule has 168 valence electrons. The minimum Gasteiger partial charge on any atom is -0.366 e. The third-order valence-electron chi connectivity index (χ3n) is 6.47. The summed E-state index contributed by atoms with van der Waals surface area (Å²) in [5, 5.41) is 12.4. The van der Waals surface area contributed by atoms with Gasteiger partial charge in [-0.3, -0.25) is 4.79 Å². The van der Waals surface area contributed by atoms with Crippen LogP contribution in [0.2, 0.25) is 0 Å². The fraction of sp³-hybridized carbons (Fsp3) is 0.407. The Balaban J connectivity index is 1.99. The van der Waals surface area contributed by atoms with Crippen molar-refractivity contribution < 1.29 is 9.18 Å². The first-order valence-electron chi connectivity index (χ1n) is 11.2. The number of nitriles is 1. The number of rotatable bonds is 5. The minimum absolute atomic E-state index is 0.0599. The Morgan fingerprint density at radius 2 is 2.06 bits per heavy atom. The number of amides is 1. The number of anilines is 2. The molecule has 0 bridgehead atoms. The van der Waals surface area contributed by atoms with Crippen LogP contribution in [-0.2, 0) is 4.79 Å². The summed E-state index contributed by atoms with van der Waals surface area (Å²) in [4.78, 5) is 15.0. The number of hydrogen-bond acceptors (Lipinski definition) is 3. The standard InChI is InChI=1S/C27H32FN3O/c1-7-11-31-25-14-23(28)20(13-22(25)18(3)15-27(31,5)6)12-21(16-29)26(32)30-24-10-8-9-17(2)19(24)4/h8-10,12-14,18H,7,11,15H2,1-6H3,(H,30,32)/b21-12+. The summed E-state index contributed by atoms with van der Waals surface area (Å²) in [5.74, 6) is -0.725. The zero-order valence-electron chi connectivity index (χ0n) is 19.8. The van der Waals surface area contributed by atoms with Gasteiger partial charge in [0.2, 0.25) is 0 Å². The first kappa shape index (κ1) is 23.5. The summed E-state index contributed by atoms with van der Waals surface area (Å²) in [6, 6.07) is 10.9. The van der Waals surface area contributed by atoms with Crippen molar-refractivity contribution in [3.63, 3.8) is 0 Å². The van der Waals surface area contributed by atoms with Crippen LogP contribution in [0.15, 0.2) is 35.9 Å². The molecule has 4 nitrogen and oxygen atoms in total. The fourth-order valence-electron chi connectivity index (χ4n) is 4.66. The van der Waals surface area contributed by atoms with Gasteiger partial charge in [-0.2, -0.15) is 5.26 Å². The SMILES string of the molecule is CCCN1c2cc(F)c(/C=C(\C#N)C(=O)Nc3cccc(C)c3C)cc2C(C)CC1(C)C. The van der Waals surface area contributed by atoms with Crippen LogP contribution in [0.25, 0.3) is 6.08 Å². The van der Waals surface area contributed by atoms with Gasteiger partial charge in [-0.1, -0.05) is 26.0 Å². The lowest BCUT2D eigenvalue weighted by Gasteiger charge is -2.47. The molecule has 0 radical (unpaired) electrons. The van der Waals surface area contributed by atoms with E-state index >= 15 is 4.39 Å². The molecule has 0 fully saturated rings. The Morgan fingerprint density at radius 3 is 2.72 bits per heavy atom. The highest BCUT2D eigenvalue weighted by molar-refractivity contribution is 6.10. The Hall–Kier alpha value is -3.13. The number of halogens is 1. The van der Waals surface area contributed by atoms with Crippen LogP contribution in [0.1, 0.15) is 68.7 Å². The number of hydrogen-bond donors (Lipinski definition) is 1. The van der Waals surface area contributed by atoms with Crippen molar-refractivity contribution in [2.45, 2.75) is 65.8 Å². The van der Waals surface area contributed by atoms with E-state index in [4.69, 9.17) is 0 Å². The van der Waals surface area contributed by atoms with Gasteiger partial charge >= 0.3 is 0 Å². The quantitative estimate of drug-likeness (QED) is 0.433. The van der Waals surface area contributed by atoms with Crippen LogP contribution in [0.3, 0.4) is 0 Å². The number of nitrogens with zero attached hydrogens (tertiary/aromatic N) is 2. The van der Waals surface area contributed by atoms with Crippen molar-refractivity contribution in [1.29, 1.82) is 5.26 Å². The van der Waals surface area contributed by atoms with E-state index in [1.54, 1.807) is 18.2 Å². The van der Waals surface area contributed by atoms with Gasteiger partial charge in [0.1, 0.15) is 17.5 Å². The third-order valence-corrected chi connectivity index (χ3v) is 6.47. The summed E-state index contributed by atoms with van der Waals surface area (Å²) >= 11 is 0. The van der Waals surface area contributed by atoms with E-state index in [0.717, 1.165) is 41.8 Å². The van der Waals surface area contributed by atoms with E-state index in [2.05, 4.69) is 37.9 Å². The molecule has 1 unspecified atom stereocenters. The lowest BCUT2D eigenvalue weighted by molar-refractivity contribution is -0.112. The number of nitrogens with one attached hydrogen (secondary N) is 1. The molecule has 1 aliphatic heterocycles. The molecule has 1 aliphatic rings. The maximum absolute atomic E-state index is 15.2. The average molecular weight is 434 g/mol. The minimum atomic E-state index is -0.542. The normalized spacial score (nSPS) is 17.5. The summed E-state index contributed by atoms with van der Waals surface area (Å²) in [5.41, 5.74) is 4.66. The summed E-state index contributed by atoms with van der Waals surface area (Å²) in [6.45, 7) is 13.4. The van der Waals surface area contributed by atoms with Crippen molar-refractivity contribution in [3.8, 4) is 6.07 Å². The molecule has 0 saturated heterocycles. The van der Waals surface area contributed by atoms with Crippen LogP contribution >= 0.6 is 0 Å². The van der Waals surface area contributed by atoms with E-state index < -0.39 is 11.7 Å². The zero-order chi connectivity index (χ0) is 23.6. The van der Waals surface area contributed by atoms with Crippen molar-refractivity contribution in [2.24, 2.45) is 0 Å². The predicted molar refractivity (Wildman–Crippen MR) is 129 cm³/mol. The molecule has 1 atom stereocenters.